The summed E-state index contributed by atoms with van der Waals surface area (Å²) in [5, 5.41) is 12.3. The molecule has 1 N–H and O–H groups in total. The van der Waals surface area contributed by atoms with E-state index in [1.54, 1.807) is 6.08 Å². The van der Waals surface area contributed by atoms with Crippen molar-refractivity contribution in [1.82, 2.24) is 0 Å². The maximum absolute atomic E-state index is 12.6. The van der Waals surface area contributed by atoms with E-state index in [1.807, 2.05) is 36.4 Å². The highest BCUT2D eigenvalue weighted by atomic mass is 16.1. The molecule has 150 valence electrons. The van der Waals surface area contributed by atoms with E-state index >= 15 is 0 Å². The summed E-state index contributed by atoms with van der Waals surface area (Å²) in [7, 11) is 2.12. The van der Waals surface area contributed by atoms with Crippen LogP contribution in [-0.4, -0.2) is 18.5 Å². The van der Waals surface area contributed by atoms with Gasteiger partial charge < -0.3 is 10.2 Å². The van der Waals surface area contributed by atoms with Crippen LogP contribution in [0, 0.1) is 11.3 Å². The van der Waals surface area contributed by atoms with Crippen molar-refractivity contribution in [2.45, 2.75) is 52.0 Å². The van der Waals surface area contributed by atoms with Crippen molar-refractivity contribution in [3.8, 4) is 6.07 Å². The van der Waals surface area contributed by atoms with Crippen LogP contribution in [0.1, 0.15) is 56.7 Å². The molecule has 2 aromatic rings. The van der Waals surface area contributed by atoms with Gasteiger partial charge in [0.05, 0.1) is 0 Å². The van der Waals surface area contributed by atoms with Gasteiger partial charge in [0.2, 0.25) is 0 Å². The van der Waals surface area contributed by atoms with Crippen LogP contribution in [0.5, 0.6) is 0 Å². The molecular formula is C25H29N3O. The number of nitrogens with zero attached hydrogens (tertiary/aromatic N) is 2. The molecule has 1 atom stereocenters. The maximum atomic E-state index is 12.6. The molecule has 0 unspecified atom stereocenters. The summed E-state index contributed by atoms with van der Waals surface area (Å²) in [4.78, 5) is 14.9. The fraction of sp³-hybridized carbons (Fsp3) is 0.360. The summed E-state index contributed by atoms with van der Waals surface area (Å²) in [6.07, 6.45) is 3.67. The Balaban J connectivity index is 1.85. The first kappa shape index (κ1) is 20.7. The van der Waals surface area contributed by atoms with Crippen LogP contribution in [0.2, 0.25) is 0 Å². The number of nitriles is 1. The van der Waals surface area contributed by atoms with Crippen molar-refractivity contribution >= 4 is 23.4 Å². The normalized spacial score (nSPS) is 18.0. The van der Waals surface area contributed by atoms with Gasteiger partial charge in [-0.2, -0.15) is 5.26 Å². The van der Waals surface area contributed by atoms with Gasteiger partial charge >= 0.3 is 0 Å². The average Bonchev–Trinajstić information content (AvgIpc) is 2.70. The number of carbonyl (C=O) groups is 1. The van der Waals surface area contributed by atoms with E-state index in [0.29, 0.717) is 11.6 Å². The molecule has 1 amide bonds. The van der Waals surface area contributed by atoms with E-state index in [2.05, 4.69) is 57.1 Å². The van der Waals surface area contributed by atoms with Gasteiger partial charge in [-0.1, -0.05) is 32.0 Å². The SMILES string of the molecule is CCc1ccc(NC(=O)/C(C#N)=C\c2ccc3c(c2)[C@H](C)CC(C)(C)N3C)cc1. The zero-order valence-corrected chi connectivity index (χ0v) is 17.9. The zero-order chi connectivity index (χ0) is 21.2. The molecule has 0 bridgehead atoms. The van der Waals surface area contributed by atoms with Crippen LogP contribution in [0.15, 0.2) is 48.0 Å². The number of benzene rings is 2. The van der Waals surface area contributed by atoms with Gasteiger partial charge in [-0.15, -0.1) is 0 Å². The summed E-state index contributed by atoms with van der Waals surface area (Å²) in [5.74, 6) is 0.0294. The van der Waals surface area contributed by atoms with E-state index in [4.69, 9.17) is 0 Å². The predicted molar refractivity (Wildman–Crippen MR) is 120 cm³/mol. The lowest BCUT2D eigenvalue weighted by Gasteiger charge is -2.45. The molecule has 0 aromatic heterocycles. The lowest BCUT2D eigenvalue weighted by molar-refractivity contribution is -0.112. The molecule has 1 heterocycles. The lowest BCUT2D eigenvalue weighted by Crippen LogP contribution is -2.45. The van der Waals surface area contributed by atoms with Crippen LogP contribution in [0.25, 0.3) is 6.08 Å². The third-order valence-electron chi connectivity index (χ3n) is 5.95. The minimum Gasteiger partial charge on any atom is -0.369 e. The van der Waals surface area contributed by atoms with Gasteiger partial charge in [-0.05, 0) is 79.6 Å². The second kappa shape index (κ2) is 8.13. The standard InChI is InChI=1S/C25H29N3O/c1-6-18-7-10-21(11-8-18)27-24(29)20(16-26)13-19-9-12-23-22(14-19)17(2)15-25(3,4)28(23)5/h7-14,17H,6,15H2,1-5H3,(H,27,29)/b20-13-/t17-/m1/s1. The van der Waals surface area contributed by atoms with Crippen LogP contribution >= 0.6 is 0 Å². The Labute approximate surface area is 173 Å². The molecule has 0 radical (unpaired) electrons. The number of hydrogen-bond donors (Lipinski definition) is 1. The van der Waals surface area contributed by atoms with Gasteiger partial charge in [0, 0.05) is 24.0 Å². The van der Waals surface area contributed by atoms with Crippen LogP contribution < -0.4 is 10.2 Å². The number of amides is 1. The molecule has 29 heavy (non-hydrogen) atoms. The minimum absolute atomic E-state index is 0.0988. The Morgan fingerprint density at radius 2 is 1.97 bits per heavy atom. The second-order valence-corrected chi connectivity index (χ2v) is 8.47. The number of aryl methyl sites for hydroxylation is 1. The summed E-state index contributed by atoms with van der Waals surface area (Å²) in [5.41, 5.74) is 5.44. The molecule has 0 saturated carbocycles. The molecule has 4 heteroatoms. The van der Waals surface area contributed by atoms with Crippen molar-refractivity contribution in [2.24, 2.45) is 0 Å². The Bertz CT molecular complexity index is 980. The first-order valence-corrected chi connectivity index (χ1v) is 10.1. The Kier molecular flexibility index (Phi) is 5.79. The molecule has 2 aromatic carbocycles. The molecule has 3 rings (SSSR count). The number of carbonyl (C=O) groups excluding carboxylic acids is 1. The van der Waals surface area contributed by atoms with Gasteiger partial charge in [-0.3, -0.25) is 4.79 Å². The first-order valence-electron chi connectivity index (χ1n) is 10.1. The average molecular weight is 388 g/mol. The van der Waals surface area contributed by atoms with E-state index in [0.717, 1.165) is 18.4 Å². The van der Waals surface area contributed by atoms with Crippen molar-refractivity contribution in [2.75, 3.05) is 17.3 Å². The van der Waals surface area contributed by atoms with Crippen LogP contribution in [0.3, 0.4) is 0 Å². The Morgan fingerprint density at radius 3 is 2.59 bits per heavy atom. The van der Waals surface area contributed by atoms with Crippen molar-refractivity contribution in [1.29, 1.82) is 5.26 Å². The quantitative estimate of drug-likeness (QED) is 0.555. The molecule has 1 aliphatic rings. The molecule has 0 spiro atoms. The van der Waals surface area contributed by atoms with Crippen molar-refractivity contribution < 1.29 is 4.79 Å². The highest BCUT2D eigenvalue weighted by Gasteiger charge is 2.33. The minimum atomic E-state index is -0.388. The van der Waals surface area contributed by atoms with Crippen LogP contribution in [0.4, 0.5) is 11.4 Å². The number of hydrogen-bond acceptors (Lipinski definition) is 3. The lowest BCUT2D eigenvalue weighted by atomic mass is 9.80. The maximum Gasteiger partial charge on any atom is 0.266 e. The largest absolute Gasteiger partial charge is 0.369 e. The molecule has 1 aliphatic heterocycles. The van der Waals surface area contributed by atoms with Gasteiger partial charge in [0.15, 0.2) is 0 Å². The smallest absolute Gasteiger partial charge is 0.266 e. The predicted octanol–water partition coefficient (Wildman–Crippen LogP) is 5.52. The summed E-state index contributed by atoms with van der Waals surface area (Å²) in [6, 6.07) is 15.9. The Morgan fingerprint density at radius 1 is 1.28 bits per heavy atom. The van der Waals surface area contributed by atoms with Gasteiger partial charge in [0.25, 0.3) is 5.91 Å². The number of fused-ring (bicyclic) bond motifs is 1. The van der Waals surface area contributed by atoms with Crippen molar-refractivity contribution in [3.63, 3.8) is 0 Å². The van der Waals surface area contributed by atoms with E-state index < -0.39 is 0 Å². The van der Waals surface area contributed by atoms with Gasteiger partial charge in [0.1, 0.15) is 11.6 Å². The number of nitrogens with one attached hydrogen (secondary N) is 1. The van der Waals surface area contributed by atoms with E-state index in [1.165, 1.54) is 16.8 Å². The third-order valence-corrected chi connectivity index (χ3v) is 5.95. The highest BCUT2D eigenvalue weighted by Crippen LogP contribution is 2.42. The highest BCUT2D eigenvalue weighted by molar-refractivity contribution is 6.09. The fourth-order valence-electron chi connectivity index (χ4n) is 4.02. The molecular weight excluding hydrogens is 358 g/mol. The van der Waals surface area contributed by atoms with E-state index in [-0.39, 0.29) is 17.0 Å². The molecule has 0 aliphatic carbocycles. The fourth-order valence-corrected chi connectivity index (χ4v) is 4.02. The molecule has 0 fully saturated rings. The van der Waals surface area contributed by atoms with E-state index in [9.17, 15) is 10.1 Å². The molecule has 4 nitrogen and oxygen atoms in total. The van der Waals surface area contributed by atoms with Crippen LogP contribution in [-0.2, 0) is 11.2 Å². The summed E-state index contributed by atoms with van der Waals surface area (Å²) >= 11 is 0. The zero-order valence-electron chi connectivity index (χ0n) is 17.9. The second-order valence-electron chi connectivity index (χ2n) is 8.47. The molecule has 0 saturated heterocycles. The monoisotopic (exact) mass is 387 g/mol. The number of anilines is 2. The first-order chi connectivity index (χ1) is 13.7. The topological polar surface area (TPSA) is 56.1 Å². The Hall–Kier alpha value is -3.06. The van der Waals surface area contributed by atoms with Gasteiger partial charge in [-0.25, -0.2) is 0 Å². The number of rotatable bonds is 4. The van der Waals surface area contributed by atoms with Crippen molar-refractivity contribution in [3.05, 3.63) is 64.7 Å². The summed E-state index contributed by atoms with van der Waals surface area (Å²) in [6.45, 7) is 8.83. The third kappa shape index (κ3) is 4.35. The summed E-state index contributed by atoms with van der Waals surface area (Å²) < 4.78 is 0.